The van der Waals surface area contributed by atoms with Crippen LogP contribution in [0.1, 0.15) is 30.5 Å². The van der Waals surface area contributed by atoms with Gasteiger partial charge in [0.2, 0.25) is 0 Å². The number of nitrogens with one attached hydrogen (secondary N) is 1. The Morgan fingerprint density at radius 3 is 2.33 bits per heavy atom. The van der Waals surface area contributed by atoms with Gasteiger partial charge in [-0.1, -0.05) is 37.6 Å². The van der Waals surface area contributed by atoms with Gasteiger partial charge in [-0.25, -0.2) is 0 Å². The summed E-state index contributed by atoms with van der Waals surface area (Å²) >= 11 is 0. The maximum absolute atomic E-state index is 11.8. The second-order valence-corrected chi connectivity index (χ2v) is 5.22. The minimum Gasteiger partial charge on any atom is -0.362 e. The highest BCUT2D eigenvalue weighted by molar-refractivity contribution is 5.98. The summed E-state index contributed by atoms with van der Waals surface area (Å²) in [6.07, 6.45) is 2.18. The van der Waals surface area contributed by atoms with E-state index in [2.05, 4.69) is 36.5 Å². The number of hydrogen-bond donors (Lipinski definition) is 1. The van der Waals surface area contributed by atoms with E-state index >= 15 is 0 Å². The quantitative estimate of drug-likeness (QED) is 0.802. The predicted octanol–water partition coefficient (Wildman–Crippen LogP) is 1.28. The standard InChI is InChI=1S/C16H22N2O3/c1-3-4-12-5-7-13(8-6-12)14(17-2)9-18-15(19)10-21-11-16(18)20/h5-8,14,17H,3-4,9-11H2,1-2H3. The molecule has 5 nitrogen and oxygen atoms in total. The average molecular weight is 290 g/mol. The summed E-state index contributed by atoms with van der Waals surface area (Å²) in [5.41, 5.74) is 2.37. The Labute approximate surface area is 125 Å². The Kier molecular flexibility index (Phi) is 5.47. The first kappa shape index (κ1) is 15.7. The first-order valence-electron chi connectivity index (χ1n) is 7.32. The molecule has 21 heavy (non-hydrogen) atoms. The van der Waals surface area contributed by atoms with Crippen molar-refractivity contribution in [2.75, 3.05) is 26.8 Å². The molecule has 1 N–H and O–H groups in total. The Morgan fingerprint density at radius 1 is 1.19 bits per heavy atom. The molecule has 1 aromatic rings. The summed E-state index contributed by atoms with van der Waals surface area (Å²) in [6.45, 7) is 2.46. The van der Waals surface area contributed by atoms with E-state index in [0.717, 1.165) is 18.4 Å². The van der Waals surface area contributed by atoms with Crippen molar-refractivity contribution in [3.8, 4) is 0 Å². The van der Waals surface area contributed by atoms with Crippen molar-refractivity contribution in [1.29, 1.82) is 0 Å². The molecule has 1 unspecified atom stereocenters. The van der Waals surface area contributed by atoms with Gasteiger partial charge >= 0.3 is 0 Å². The first-order valence-corrected chi connectivity index (χ1v) is 7.32. The van der Waals surface area contributed by atoms with Crippen LogP contribution < -0.4 is 5.32 Å². The largest absolute Gasteiger partial charge is 0.362 e. The summed E-state index contributed by atoms with van der Waals surface area (Å²) in [4.78, 5) is 24.8. The first-order chi connectivity index (χ1) is 10.2. The number of carbonyl (C=O) groups is 2. The van der Waals surface area contributed by atoms with Crippen molar-refractivity contribution in [2.24, 2.45) is 0 Å². The average Bonchev–Trinajstić information content (AvgIpc) is 2.49. The molecule has 0 bridgehead atoms. The molecule has 0 saturated carbocycles. The molecular formula is C16H22N2O3. The number of imide groups is 1. The fourth-order valence-electron chi connectivity index (χ4n) is 2.48. The molecule has 2 rings (SSSR count). The molecular weight excluding hydrogens is 268 g/mol. The second-order valence-electron chi connectivity index (χ2n) is 5.22. The van der Waals surface area contributed by atoms with Crippen LogP contribution in [0.2, 0.25) is 0 Å². The van der Waals surface area contributed by atoms with Crippen LogP contribution in [-0.4, -0.2) is 43.5 Å². The molecule has 1 heterocycles. The summed E-state index contributed by atoms with van der Waals surface area (Å²) in [5, 5.41) is 3.17. The van der Waals surface area contributed by atoms with E-state index in [1.807, 2.05) is 7.05 Å². The zero-order valence-corrected chi connectivity index (χ0v) is 12.6. The van der Waals surface area contributed by atoms with E-state index in [1.54, 1.807) is 0 Å². The summed E-state index contributed by atoms with van der Waals surface area (Å²) in [7, 11) is 1.83. The fourth-order valence-corrected chi connectivity index (χ4v) is 2.48. The lowest BCUT2D eigenvalue weighted by molar-refractivity contribution is -0.158. The van der Waals surface area contributed by atoms with Crippen molar-refractivity contribution in [1.82, 2.24) is 10.2 Å². The number of amides is 2. The molecule has 1 atom stereocenters. The Bertz CT molecular complexity index is 483. The van der Waals surface area contributed by atoms with E-state index in [4.69, 9.17) is 4.74 Å². The third kappa shape index (κ3) is 3.89. The highest BCUT2D eigenvalue weighted by Gasteiger charge is 2.28. The van der Waals surface area contributed by atoms with Gasteiger partial charge < -0.3 is 10.1 Å². The number of rotatable bonds is 6. The van der Waals surface area contributed by atoms with Crippen LogP contribution in [0.25, 0.3) is 0 Å². The van der Waals surface area contributed by atoms with Crippen molar-refractivity contribution in [3.63, 3.8) is 0 Å². The van der Waals surface area contributed by atoms with Crippen LogP contribution in [0.5, 0.6) is 0 Å². The van der Waals surface area contributed by atoms with Gasteiger partial charge in [0.15, 0.2) is 0 Å². The van der Waals surface area contributed by atoms with Gasteiger partial charge in [-0.05, 0) is 24.6 Å². The van der Waals surface area contributed by atoms with E-state index in [0.29, 0.717) is 6.54 Å². The molecule has 1 aliphatic rings. The topological polar surface area (TPSA) is 58.6 Å². The number of hydrogen-bond acceptors (Lipinski definition) is 4. The van der Waals surface area contributed by atoms with Crippen LogP contribution in [0.15, 0.2) is 24.3 Å². The third-order valence-electron chi connectivity index (χ3n) is 3.69. The number of morpholine rings is 1. The van der Waals surface area contributed by atoms with E-state index in [9.17, 15) is 9.59 Å². The molecule has 1 aromatic carbocycles. The van der Waals surface area contributed by atoms with Gasteiger partial charge in [0, 0.05) is 6.54 Å². The highest BCUT2D eigenvalue weighted by Crippen LogP contribution is 2.17. The van der Waals surface area contributed by atoms with Crippen molar-refractivity contribution >= 4 is 11.8 Å². The molecule has 0 aromatic heterocycles. The van der Waals surface area contributed by atoms with Crippen molar-refractivity contribution in [2.45, 2.75) is 25.8 Å². The van der Waals surface area contributed by atoms with Gasteiger partial charge in [0.05, 0.1) is 6.04 Å². The SMILES string of the molecule is CCCc1ccc(C(CN2C(=O)COCC2=O)NC)cc1. The summed E-state index contributed by atoms with van der Waals surface area (Å²) < 4.78 is 4.93. The Balaban J connectivity index is 2.08. The van der Waals surface area contributed by atoms with Crippen LogP contribution >= 0.6 is 0 Å². The molecule has 1 fully saturated rings. The number of ether oxygens (including phenoxy) is 1. The molecule has 1 aliphatic heterocycles. The van der Waals surface area contributed by atoms with E-state index in [-0.39, 0.29) is 31.1 Å². The van der Waals surface area contributed by atoms with Gasteiger partial charge in [-0.2, -0.15) is 0 Å². The lowest BCUT2D eigenvalue weighted by atomic mass is 10.0. The molecule has 114 valence electrons. The number of aryl methyl sites for hydroxylation is 1. The lowest BCUT2D eigenvalue weighted by Crippen LogP contribution is -2.49. The lowest BCUT2D eigenvalue weighted by Gasteiger charge is -2.29. The fraction of sp³-hybridized carbons (Fsp3) is 0.500. The molecule has 2 amide bonds. The number of benzene rings is 1. The Morgan fingerprint density at radius 2 is 1.81 bits per heavy atom. The minimum absolute atomic E-state index is 0.0163. The highest BCUT2D eigenvalue weighted by atomic mass is 16.5. The number of carbonyl (C=O) groups excluding carboxylic acids is 2. The molecule has 1 saturated heterocycles. The van der Waals surface area contributed by atoms with Gasteiger partial charge in [-0.3, -0.25) is 14.5 Å². The Hall–Kier alpha value is -1.72. The number of nitrogens with zero attached hydrogens (tertiary/aromatic N) is 1. The van der Waals surface area contributed by atoms with E-state index < -0.39 is 0 Å². The van der Waals surface area contributed by atoms with Gasteiger partial charge in [-0.15, -0.1) is 0 Å². The minimum atomic E-state index is -0.269. The second kappa shape index (κ2) is 7.33. The maximum atomic E-state index is 11.8. The van der Waals surface area contributed by atoms with Gasteiger partial charge in [0.25, 0.3) is 11.8 Å². The van der Waals surface area contributed by atoms with Crippen molar-refractivity contribution < 1.29 is 14.3 Å². The van der Waals surface area contributed by atoms with E-state index in [1.165, 1.54) is 10.5 Å². The molecule has 0 aliphatic carbocycles. The van der Waals surface area contributed by atoms with Gasteiger partial charge in [0.1, 0.15) is 13.2 Å². The summed E-state index contributed by atoms with van der Waals surface area (Å²) in [6, 6.07) is 8.26. The monoisotopic (exact) mass is 290 g/mol. The molecule has 5 heteroatoms. The third-order valence-corrected chi connectivity index (χ3v) is 3.69. The van der Waals surface area contributed by atoms with Crippen molar-refractivity contribution in [3.05, 3.63) is 35.4 Å². The van der Waals surface area contributed by atoms with Crippen LogP contribution in [0, 0.1) is 0 Å². The maximum Gasteiger partial charge on any atom is 0.255 e. The van der Waals surface area contributed by atoms with Crippen LogP contribution in [-0.2, 0) is 20.7 Å². The van der Waals surface area contributed by atoms with Crippen LogP contribution in [0.4, 0.5) is 0 Å². The zero-order chi connectivity index (χ0) is 15.2. The number of likely N-dealkylation sites (N-methyl/N-ethyl adjacent to an activating group) is 1. The normalized spacial score (nSPS) is 17.1. The zero-order valence-electron chi connectivity index (χ0n) is 12.6. The molecule has 0 radical (unpaired) electrons. The predicted molar refractivity (Wildman–Crippen MR) is 79.8 cm³/mol. The van der Waals surface area contributed by atoms with Crippen LogP contribution in [0.3, 0.4) is 0 Å². The summed E-state index contributed by atoms with van der Waals surface area (Å²) in [5.74, 6) is -0.539. The smallest absolute Gasteiger partial charge is 0.255 e. The molecule has 0 spiro atoms.